The predicted octanol–water partition coefficient (Wildman–Crippen LogP) is 3.90. The molecule has 0 N–H and O–H groups in total. The minimum absolute atomic E-state index is 0.0300. The molecule has 8 heteroatoms. The largest absolute Gasteiger partial charge is 0.495 e. The van der Waals surface area contributed by atoms with Gasteiger partial charge in [-0.05, 0) is 74.8 Å². The van der Waals surface area contributed by atoms with Crippen LogP contribution < -0.4 is 14.2 Å². The topological polar surface area (TPSA) is 73.4 Å². The van der Waals surface area contributed by atoms with Crippen molar-refractivity contribution in [2.75, 3.05) is 41.5 Å². The highest BCUT2D eigenvalue weighted by Crippen LogP contribution is 2.75. The van der Waals surface area contributed by atoms with Gasteiger partial charge in [0, 0.05) is 49.5 Å². The molecule has 41 heavy (non-hydrogen) atoms. The first kappa shape index (κ1) is 25.6. The number of methoxy groups -OCH3 is 3. The summed E-state index contributed by atoms with van der Waals surface area (Å²) in [5.74, 6) is 3.10. The minimum atomic E-state index is -0.844. The van der Waals surface area contributed by atoms with Gasteiger partial charge in [-0.2, -0.15) is 0 Å². The number of hydrogen-bond donors (Lipinski definition) is 0. The molecule has 3 heterocycles. The maximum absolute atomic E-state index is 14.5. The molecule has 9 rings (SSSR count). The molecule has 7 aliphatic rings. The maximum Gasteiger partial charge on any atom is 0.252 e. The molecule has 0 radical (unpaired) electrons. The Hall–Kier alpha value is -3.10. The Morgan fingerprint density at radius 1 is 1.12 bits per heavy atom. The van der Waals surface area contributed by atoms with E-state index < -0.39 is 5.60 Å². The van der Waals surface area contributed by atoms with Crippen LogP contribution in [0.25, 0.3) is 0 Å². The fourth-order valence-corrected chi connectivity index (χ4v) is 9.48. The Balaban J connectivity index is 1.28. The lowest BCUT2D eigenvalue weighted by atomic mass is 9.37. The molecular formula is C33H39N3O5. The average molecular weight is 558 g/mol. The zero-order valence-corrected chi connectivity index (χ0v) is 24.4. The molecule has 2 aliphatic heterocycles. The van der Waals surface area contributed by atoms with Gasteiger partial charge in [0.05, 0.1) is 26.2 Å². The van der Waals surface area contributed by atoms with E-state index in [1.165, 1.54) is 24.0 Å². The molecule has 3 fully saturated rings. The molecule has 1 aromatic carbocycles. The van der Waals surface area contributed by atoms with Gasteiger partial charge in [0.1, 0.15) is 23.1 Å². The predicted molar refractivity (Wildman–Crippen MR) is 152 cm³/mol. The van der Waals surface area contributed by atoms with Crippen molar-refractivity contribution in [3.8, 4) is 17.2 Å². The number of amides is 1. The smallest absolute Gasteiger partial charge is 0.252 e. The van der Waals surface area contributed by atoms with Gasteiger partial charge in [-0.15, -0.1) is 0 Å². The second-order valence-electron chi connectivity index (χ2n) is 13.0. The first-order valence-electron chi connectivity index (χ1n) is 15.1. The SMILES string of the molecule is COc1cccnc1CN(C)C(=O)C1=C[C@@]23CC[C@]1(OC)[C@@H]1Oc4c(OC)ccc5c4[C@@]12CCN(CC1CC1)[C@@H]3C5. The van der Waals surface area contributed by atoms with Gasteiger partial charge in [0.25, 0.3) is 5.91 Å². The number of likely N-dealkylation sites (tertiary alicyclic amines) is 1. The number of benzene rings is 1. The van der Waals surface area contributed by atoms with Crippen molar-refractivity contribution in [3.05, 3.63) is 58.9 Å². The number of carbonyl (C=O) groups is 1. The highest BCUT2D eigenvalue weighted by atomic mass is 16.6. The Morgan fingerprint density at radius 3 is 2.71 bits per heavy atom. The van der Waals surface area contributed by atoms with Crippen molar-refractivity contribution in [2.24, 2.45) is 11.3 Å². The standard InChI is InChI=1S/C33H39N3O5/c1-35(19-23-24(38-2)6-5-14-34-23)29(37)22-17-31-11-12-33(22,40-4)30-32(31)13-15-36(18-20-7-8-20)26(31)16-21-9-10-25(39-3)28(41-30)27(21)32/h5-6,9-10,14,17,20,26,30H,7-8,11-13,15-16,18-19H2,1-4H3/t26-,30-,31-,32+,33-/m1/s1. The molecule has 2 saturated carbocycles. The van der Waals surface area contributed by atoms with Gasteiger partial charge in [0.15, 0.2) is 11.5 Å². The number of fused-ring (bicyclic) bond motifs is 1. The Bertz CT molecular complexity index is 1470. The number of hydrogen-bond acceptors (Lipinski definition) is 7. The van der Waals surface area contributed by atoms with Crippen molar-refractivity contribution in [1.29, 1.82) is 0 Å². The Kier molecular flexibility index (Phi) is 5.44. The summed E-state index contributed by atoms with van der Waals surface area (Å²) >= 11 is 0. The van der Waals surface area contributed by atoms with Crippen LogP contribution in [0.2, 0.25) is 0 Å². The Labute approximate surface area is 241 Å². The van der Waals surface area contributed by atoms with E-state index in [4.69, 9.17) is 18.9 Å². The van der Waals surface area contributed by atoms with Crippen LogP contribution in [0, 0.1) is 11.3 Å². The fraction of sp³-hybridized carbons (Fsp3) is 0.576. The molecule has 2 aromatic rings. The van der Waals surface area contributed by atoms with E-state index in [0.29, 0.717) is 18.3 Å². The summed E-state index contributed by atoms with van der Waals surface area (Å²) < 4.78 is 25.0. The van der Waals surface area contributed by atoms with Crippen LogP contribution in [-0.2, 0) is 27.9 Å². The minimum Gasteiger partial charge on any atom is -0.495 e. The van der Waals surface area contributed by atoms with Crippen LogP contribution in [0.1, 0.15) is 48.9 Å². The van der Waals surface area contributed by atoms with Crippen LogP contribution in [0.5, 0.6) is 17.2 Å². The number of rotatable bonds is 8. The zero-order chi connectivity index (χ0) is 28.1. The molecule has 5 aliphatic carbocycles. The van der Waals surface area contributed by atoms with E-state index in [2.05, 4.69) is 28.1 Å². The molecule has 1 saturated heterocycles. The van der Waals surface area contributed by atoms with E-state index in [-0.39, 0.29) is 22.8 Å². The summed E-state index contributed by atoms with van der Waals surface area (Å²) in [6.45, 7) is 2.55. The number of carbonyl (C=O) groups excluding carboxylic acids is 1. The van der Waals surface area contributed by atoms with Crippen LogP contribution >= 0.6 is 0 Å². The number of piperidine rings is 1. The van der Waals surface area contributed by atoms with Crippen LogP contribution in [0.15, 0.2) is 42.1 Å². The van der Waals surface area contributed by atoms with Crippen LogP contribution in [0.4, 0.5) is 0 Å². The summed E-state index contributed by atoms with van der Waals surface area (Å²) in [7, 11) is 6.96. The van der Waals surface area contributed by atoms with Gasteiger partial charge in [0.2, 0.25) is 0 Å². The maximum atomic E-state index is 14.5. The summed E-state index contributed by atoms with van der Waals surface area (Å²) in [4.78, 5) is 23.6. The van der Waals surface area contributed by atoms with E-state index in [9.17, 15) is 4.79 Å². The second-order valence-corrected chi connectivity index (χ2v) is 13.0. The van der Waals surface area contributed by atoms with Crippen molar-refractivity contribution < 1.29 is 23.7 Å². The van der Waals surface area contributed by atoms with Crippen molar-refractivity contribution in [1.82, 2.24) is 14.8 Å². The number of ether oxygens (including phenoxy) is 4. The second kappa shape index (κ2) is 8.71. The number of pyridine rings is 1. The van der Waals surface area contributed by atoms with E-state index >= 15 is 0 Å². The molecule has 1 amide bonds. The van der Waals surface area contributed by atoms with E-state index in [1.807, 2.05) is 19.2 Å². The quantitative estimate of drug-likeness (QED) is 0.488. The monoisotopic (exact) mass is 557 g/mol. The van der Waals surface area contributed by atoms with Gasteiger partial charge >= 0.3 is 0 Å². The first-order chi connectivity index (χ1) is 19.9. The molecule has 5 atom stereocenters. The first-order valence-corrected chi connectivity index (χ1v) is 15.1. The summed E-state index contributed by atoms with van der Waals surface area (Å²) in [5, 5.41) is 0. The summed E-state index contributed by atoms with van der Waals surface area (Å²) in [5.41, 5.74) is 2.87. The van der Waals surface area contributed by atoms with Gasteiger partial charge in [-0.25, -0.2) is 0 Å². The molecule has 1 aromatic heterocycles. The van der Waals surface area contributed by atoms with E-state index in [1.54, 1.807) is 32.4 Å². The molecular weight excluding hydrogens is 518 g/mol. The highest BCUT2D eigenvalue weighted by molar-refractivity contribution is 5.97. The number of nitrogens with zero attached hydrogens (tertiary/aromatic N) is 3. The molecule has 2 spiro atoms. The normalized spacial score (nSPS) is 34.0. The molecule has 216 valence electrons. The molecule has 8 nitrogen and oxygen atoms in total. The third kappa shape index (κ3) is 3.13. The van der Waals surface area contributed by atoms with Crippen LogP contribution in [-0.4, -0.2) is 79.9 Å². The lowest BCUT2D eigenvalue weighted by Gasteiger charge is -2.70. The lowest BCUT2D eigenvalue weighted by molar-refractivity contribution is -0.198. The third-order valence-corrected chi connectivity index (χ3v) is 11.4. The zero-order valence-electron chi connectivity index (χ0n) is 24.4. The van der Waals surface area contributed by atoms with Crippen LogP contribution in [0.3, 0.4) is 0 Å². The summed E-state index contributed by atoms with van der Waals surface area (Å²) in [6.07, 6.45) is 10.2. The Morgan fingerprint density at radius 2 is 1.95 bits per heavy atom. The van der Waals surface area contributed by atoms with Crippen molar-refractivity contribution >= 4 is 5.91 Å². The number of likely N-dealkylation sites (N-methyl/N-ethyl adjacent to an activating group) is 1. The highest BCUT2D eigenvalue weighted by Gasteiger charge is 2.79. The van der Waals surface area contributed by atoms with E-state index in [0.717, 1.165) is 67.5 Å². The van der Waals surface area contributed by atoms with Crippen molar-refractivity contribution in [3.63, 3.8) is 0 Å². The fourth-order valence-electron chi connectivity index (χ4n) is 9.48. The van der Waals surface area contributed by atoms with Gasteiger partial charge in [-0.3, -0.25) is 14.7 Å². The van der Waals surface area contributed by atoms with Gasteiger partial charge in [-0.1, -0.05) is 12.1 Å². The van der Waals surface area contributed by atoms with Crippen molar-refractivity contribution in [2.45, 2.75) is 68.2 Å². The lowest BCUT2D eigenvalue weighted by Crippen LogP contribution is -2.78. The summed E-state index contributed by atoms with van der Waals surface area (Å²) in [6, 6.07) is 8.38. The average Bonchev–Trinajstić information content (AvgIpc) is 3.75. The number of aromatic nitrogens is 1. The molecule has 0 unspecified atom stereocenters. The third-order valence-electron chi connectivity index (χ3n) is 11.4. The van der Waals surface area contributed by atoms with Gasteiger partial charge < -0.3 is 23.8 Å². The molecule has 4 bridgehead atoms.